The Balaban J connectivity index is 1.91. The van der Waals surface area contributed by atoms with Crippen molar-refractivity contribution in [1.82, 2.24) is 19.3 Å². The fraction of sp³-hybridized carbons (Fsp3) is 0.333. The average Bonchev–Trinajstić information content (AvgIpc) is 2.92. The normalized spacial score (nSPS) is 15.1. The van der Waals surface area contributed by atoms with Gasteiger partial charge in [0.25, 0.3) is 0 Å². The minimum atomic E-state index is 0.716. The van der Waals surface area contributed by atoms with Crippen LogP contribution in [0.3, 0.4) is 0 Å². The van der Waals surface area contributed by atoms with Gasteiger partial charge in [-0.1, -0.05) is 22.0 Å². The van der Waals surface area contributed by atoms with Crippen molar-refractivity contribution in [1.29, 1.82) is 0 Å². The Labute approximate surface area is 130 Å². The molecule has 5 nitrogen and oxygen atoms in total. The van der Waals surface area contributed by atoms with Gasteiger partial charge in [-0.05, 0) is 18.2 Å². The molecule has 1 aliphatic rings. The fourth-order valence-electron chi connectivity index (χ4n) is 2.88. The molecule has 0 bridgehead atoms. The van der Waals surface area contributed by atoms with Crippen LogP contribution in [0, 0.1) is 0 Å². The average molecular weight is 347 g/mol. The molecular weight excluding hydrogens is 332 g/mol. The first-order chi connectivity index (χ1) is 10.2. The second kappa shape index (κ2) is 4.96. The summed E-state index contributed by atoms with van der Waals surface area (Å²) in [6.07, 6.45) is 0.822. The maximum Gasteiger partial charge on any atom is 0.180 e. The first-order valence-corrected chi connectivity index (χ1v) is 7.78. The van der Waals surface area contributed by atoms with Crippen LogP contribution in [-0.4, -0.2) is 32.5 Å². The van der Waals surface area contributed by atoms with Crippen LogP contribution in [0.1, 0.15) is 5.82 Å². The number of hydrogen-bond donors (Lipinski definition) is 0. The van der Waals surface area contributed by atoms with E-state index in [9.17, 15) is 0 Å². The summed E-state index contributed by atoms with van der Waals surface area (Å²) in [5.41, 5.74) is 2.27. The maximum absolute atomic E-state index is 5.53. The van der Waals surface area contributed by atoms with Gasteiger partial charge in [-0.3, -0.25) is 0 Å². The van der Waals surface area contributed by atoms with Crippen molar-refractivity contribution in [3.05, 3.63) is 34.6 Å². The molecule has 0 N–H and O–H groups in total. The quantitative estimate of drug-likeness (QED) is 0.680. The maximum atomic E-state index is 5.53. The minimum absolute atomic E-state index is 0.716. The van der Waals surface area contributed by atoms with Crippen LogP contribution in [0.15, 0.2) is 28.7 Å². The van der Waals surface area contributed by atoms with Gasteiger partial charge in [0.2, 0.25) is 0 Å². The van der Waals surface area contributed by atoms with Crippen molar-refractivity contribution in [2.45, 2.75) is 13.0 Å². The van der Waals surface area contributed by atoms with Gasteiger partial charge < -0.3 is 13.9 Å². The predicted molar refractivity (Wildman–Crippen MR) is 84.2 cm³/mol. The number of hydrogen-bond acceptors (Lipinski definition) is 3. The molecule has 2 aromatic heterocycles. The largest absolute Gasteiger partial charge is 0.379 e. The van der Waals surface area contributed by atoms with Gasteiger partial charge in [-0.15, -0.1) is 10.2 Å². The first kappa shape index (κ1) is 13.0. The molecule has 6 heteroatoms. The summed E-state index contributed by atoms with van der Waals surface area (Å²) in [4.78, 5) is 0. The number of rotatable bonds is 1. The van der Waals surface area contributed by atoms with Crippen molar-refractivity contribution in [3.63, 3.8) is 0 Å². The van der Waals surface area contributed by atoms with Crippen LogP contribution in [-0.2, 0) is 24.8 Å². The zero-order valence-corrected chi connectivity index (χ0v) is 13.3. The number of halogens is 1. The molecule has 0 saturated carbocycles. The van der Waals surface area contributed by atoms with Gasteiger partial charge in [0, 0.05) is 35.4 Å². The standard InChI is InChI=1S/C15H15BrN4O/c1-19-12-9-11(16)3-2-10(12)8-13(19)15-18-17-14-4-6-21-7-5-20(14)15/h2-3,8-9H,4-7H2,1H3. The van der Waals surface area contributed by atoms with Crippen LogP contribution in [0.25, 0.3) is 22.4 Å². The highest BCUT2D eigenvalue weighted by Crippen LogP contribution is 2.29. The molecule has 0 radical (unpaired) electrons. The van der Waals surface area contributed by atoms with Gasteiger partial charge in [-0.2, -0.15) is 0 Å². The molecular formula is C15H15BrN4O. The smallest absolute Gasteiger partial charge is 0.180 e. The van der Waals surface area contributed by atoms with E-state index in [1.165, 1.54) is 10.9 Å². The van der Waals surface area contributed by atoms with Gasteiger partial charge in [0.1, 0.15) is 5.82 Å². The predicted octanol–water partition coefficient (Wildman–Crippen LogP) is 2.77. The van der Waals surface area contributed by atoms with E-state index >= 15 is 0 Å². The molecule has 0 aliphatic carbocycles. The van der Waals surface area contributed by atoms with Crippen molar-refractivity contribution in [3.8, 4) is 11.5 Å². The van der Waals surface area contributed by atoms with Crippen molar-refractivity contribution >= 4 is 26.8 Å². The van der Waals surface area contributed by atoms with E-state index in [1.807, 2.05) is 0 Å². The SMILES string of the molecule is Cn1c(-c2nnc3n2CCOCC3)cc2ccc(Br)cc21. The second-order valence-electron chi connectivity index (χ2n) is 5.25. The summed E-state index contributed by atoms with van der Waals surface area (Å²) < 4.78 is 11.0. The summed E-state index contributed by atoms with van der Waals surface area (Å²) in [7, 11) is 2.07. The summed E-state index contributed by atoms with van der Waals surface area (Å²) in [6, 6.07) is 8.47. The van der Waals surface area contributed by atoms with E-state index in [-0.39, 0.29) is 0 Å². The van der Waals surface area contributed by atoms with Crippen LogP contribution >= 0.6 is 15.9 Å². The van der Waals surface area contributed by atoms with E-state index in [0.29, 0.717) is 6.61 Å². The summed E-state index contributed by atoms with van der Waals surface area (Å²) in [6.45, 7) is 2.25. The first-order valence-electron chi connectivity index (χ1n) is 6.99. The Bertz CT molecular complexity index is 821. The number of benzene rings is 1. The summed E-state index contributed by atoms with van der Waals surface area (Å²) in [5, 5.41) is 9.95. The third-order valence-corrected chi connectivity index (χ3v) is 4.49. The molecule has 1 aliphatic heterocycles. The van der Waals surface area contributed by atoms with E-state index in [2.05, 4.69) is 66.6 Å². The van der Waals surface area contributed by atoms with Crippen molar-refractivity contribution in [2.24, 2.45) is 7.05 Å². The monoisotopic (exact) mass is 346 g/mol. The third-order valence-electron chi connectivity index (χ3n) is 3.99. The van der Waals surface area contributed by atoms with E-state index in [1.54, 1.807) is 0 Å². The van der Waals surface area contributed by atoms with Gasteiger partial charge in [0.05, 0.1) is 18.9 Å². The van der Waals surface area contributed by atoms with Crippen LogP contribution in [0.2, 0.25) is 0 Å². The van der Waals surface area contributed by atoms with E-state index in [4.69, 9.17) is 4.74 Å². The second-order valence-corrected chi connectivity index (χ2v) is 6.16. The Kier molecular flexibility index (Phi) is 3.08. The molecule has 0 atom stereocenters. The van der Waals surface area contributed by atoms with E-state index in [0.717, 1.165) is 41.4 Å². The number of aryl methyl sites for hydroxylation is 1. The molecule has 0 amide bonds. The van der Waals surface area contributed by atoms with Crippen molar-refractivity contribution in [2.75, 3.05) is 13.2 Å². The van der Waals surface area contributed by atoms with Crippen LogP contribution in [0.5, 0.6) is 0 Å². The lowest BCUT2D eigenvalue weighted by atomic mass is 10.2. The molecule has 21 heavy (non-hydrogen) atoms. The number of aromatic nitrogens is 4. The molecule has 4 rings (SSSR count). The molecule has 0 saturated heterocycles. The zero-order chi connectivity index (χ0) is 14.4. The number of fused-ring (bicyclic) bond motifs is 2. The lowest BCUT2D eigenvalue weighted by Gasteiger charge is -2.07. The van der Waals surface area contributed by atoms with E-state index < -0.39 is 0 Å². The highest BCUT2D eigenvalue weighted by atomic mass is 79.9. The van der Waals surface area contributed by atoms with Gasteiger partial charge in [0.15, 0.2) is 5.82 Å². The lowest BCUT2D eigenvalue weighted by Crippen LogP contribution is -2.07. The highest BCUT2D eigenvalue weighted by Gasteiger charge is 2.19. The Morgan fingerprint density at radius 1 is 1.19 bits per heavy atom. The van der Waals surface area contributed by atoms with Crippen LogP contribution < -0.4 is 0 Å². The summed E-state index contributed by atoms with van der Waals surface area (Å²) in [5.74, 6) is 1.93. The topological polar surface area (TPSA) is 44.9 Å². The third kappa shape index (κ3) is 2.10. The Morgan fingerprint density at radius 2 is 2.10 bits per heavy atom. The van der Waals surface area contributed by atoms with Gasteiger partial charge >= 0.3 is 0 Å². The molecule has 3 aromatic rings. The molecule has 3 heterocycles. The van der Waals surface area contributed by atoms with Crippen LogP contribution in [0.4, 0.5) is 0 Å². The van der Waals surface area contributed by atoms with Crippen molar-refractivity contribution < 1.29 is 4.74 Å². The highest BCUT2D eigenvalue weighted by molar-refractivity contribution is 9.10. The molecule has 0 fully saturated rings. The molecule has 108 valence electrons. The molecule has 0 unspecified atom stereocenters. The number of ether oxygens (including phenoxy) is 1. The Hall–Kier alpha value is -1.66. The number of nitrogens with zero attached hydrogens (tertiary/aromatic N) is 4. The lowest BCUT2D eigenvalue weighted by molar-refractivity contribution is 0.140. The minimum Gasteiger partial charge on any atom is -0.379 e. The Morgan fingerprint density at radius 3 is 3.00 bits per heavy atom. The summed E-state index contributed by atoms with van der Waals surface area (Å²) >= 11 is 3.53. The zero-order valence-electron chi connectivity index (χ0n) is 11.7. The fourth-order valence-corrected chi connectivity index (χ4v) is 3.23. The van der Waals surface area contributed by atoms with Gasteiger partial charge in [-0.25, -0.2) is 0 Å². The molecule has 1 aromatic carbocycles. The molecule has 0 spiro atoms.